The molecule has 3 aliphatic rings. The molecule has 0 saturated carbocycles. The first kappa shape index (κ1) is 27.1. The number of carbonyl (C=O) groups excluding carboxylic acids is 1. The number of hydrogen-bond donors (Lipinski definition) is 1. The highest BCUT2D eigenvalue weighted by atomic mass is 16.6. The van der Waals surface area contributed by atoms with E-state index in [0.29, 0.717) is 11.5 Å². The molecular weight excluding hydrogens is 522 g/mol. The zero-order chi connectivity index (χ0) is 29.1. The second kappa shape index (κ2) is 11.8. The van der Waals surface area contributed by atoms with E-state index in [9.17, 15) is 14.9 Å². The first-order valence-electron chi connectivity index (χ1n) is 14.3. The van der Waals surface area contributed by atoms with Gasteiger partial charge in [0.15, 0.2) is 5.78 Å². The van der Waals surface area contributed by atoms with Crippen molar-refractivity contribution in [3.63, 3.8) is 0 Å². The van der Waals surface area contributed by atoms with Gasteiger partial charge in [-0.2, -0.15) is 0 Å². The summed E-state index contributed by atoms with van der Waals surface area (Å²) in [7, 11) is 0. The second-order valence-electron chi connectivity index (χ2n) is 10.6. The highest BCUT2D eigenvalue weighted by molar-refractivity contribution is 6.24. The maximum atomic E-state index is 13.4. The van der Waals surface area contributed by atoms with Gasteiger partial charge in [-0.1, -0.05) is 67.6 Å². The van der Waals surface area contributed by atoms with Crippen LogP contribution in [0.1, 0.15) is 59.2 Å². The largest absolute Gasteiger partial charge is 0.360 e. The Morgan fingerprint density at radius 3 is 2.52 bits per heavy atom. The number of hydrogen-bond acceptors (Lipinski definition) is 5. The molecule has 42 heavy (non-hydrogen) atoms. The Morgan fingerprint density at radius 1 is 0.952 bits per heavy atom. The van der Waals surface area contributed by atoms with Crippen LogP contribution in [0, 0.1) is 20.6 Å². The van der Waals surface area contributed by atoms with Gasteiger partial charge in [-0.3, -0.25) is 19.9 Å². The average Bonchev–Trinajstić information content (AvgIpc) is 3.29. The summed E-state index contributed by atoms with van der Waals surface area (Å²) in [5.41, 5.74) is 6.23. The molecule has 4 aromatic rings. The molecule has 1 aliphatic heterocycles. The third kappa shape index (κ3) is 5.19. The number of carbonyl (C=O) groups is 1. The first-order chi connectivity index (χ1) is 20.5. The topological polar surface area (TPSA) is 84.6 Å². The van der Waals surface area contributed by atoms with E-state index in [1.54, 1.807) is 18.3 Å². The third-order valence-electron chi connectivity index (χ3n) is 8.29. The van der Waals surface area contributed by atoms with Crippen molar-refractivity contribution in [2.75, 3.05) is 5.32 Å². The predicted molar refractivity (Wildman–Crippen MR) is 168 cm³/mol. The minimum absolute atomic E-state index is 0.0000801. The standard InChI is InChI=1S/C27H23NO3.C9H8N2/c1-2-17-9-14-25(27(29)19-7-11-20(12-8-19)28(30)31)24-16-15-22-21-6-4-3-5-18(21)10-13-23(22)26(17)24;1-2-4-9-8(3-1)7-10-5-6-11-9/h3-8,10-12,15-17H,2,9,13-14H2,1H3;1-7,11H. The quantitative estimate of drug-likeness (QED) is 0.177. The van der Waals surface area contributed by atoms with E-state index in [1.165, 1.54) is 38.9 Å². The summed E-state index contributed by atoms with van der Waals surface area (Å²) in [5, 5.41) is 18.9. The van der Waals surface area contributed by atoms with E-state index in [4.69, 9.17) is 0 Å². The van der Waals surface area contributed by atoms with Crippen LogP contribution in [0.5, 0.6) is 0 Å². The van der Waals surface area contributed by atoms with Crippen LogP contribution in [0.3, 0.4) is 0 Å². The number of Topliss-reactive ketones (excluding diaryl/α,β-unsaturated/α-hetero) is 1. The molecule has 6 nitrogen and oxygen atoms in total. The molecule has 0 saturated heterocycles. The summed E-state index contributed by atoms with van der Waals surface area (Å²) in [5.74, 6) is 0.419. The summed E-state index contributed by atoms with van der Waals surface area (Å²) in [4.78, 5) is 27.9. The number of nitro benzene ring substituents is 1. The molecule has 0 amide bonds. The van der Waals surface area contributed by atoms with Crippen LogP contribution in [0.4, 0.5) is 11.4 Å². The Morgan fingerprint density at radius 2 is 1.71 bits per heavy atom. The average molecular weight is 554 g/mol. The van der Waals surface area contributed by atoms with Gasteiger partial charge in [0.2, 0.25) is 0 Å². The fourth-order valence-corrected chi connectivity index (χ4v) is 6.18. The summed E-state index contributed by atoms with van der Waals surface area (Å²) in [6.45, 7) is 2.22. The molecule has 0 radical (unpaired) electrons. The molecule has 0 spiro atoms. The highest BCUT2D eigenvalue weighted by Crippen LogP contribution is 2.34. The summed E-state index contributed by atoms with van der Waals surface area (Å²) in [6, 6.07) is 26.8. The lowest BCUT2D eigenvalue weighted by molar-refractivity contribution is -0.384. The van der Waals surface area contributed by atoms with Crippen molar-refractivity contribution in [3.05, 3.63) is 151 Å². The highest BCUT2D eigenvalue weighted by Gasteiger charge is 2.26. The zero-order valence-electron chi connectivity index (χ0n) is 23.4. The van der Waals surface area contributed by atoms with E-state index in [-0.39, 0.29) is 11.5 Å². The lowest BCUT2D eigenvalue weighted by Crippen LogP contribution is -2.28. The van der Waals surface area contributed by atoms with Gasteiger partial charge in [0.05, 0.1) is 4.92 Å². The van der Waals surface area contributed by atoms with Crippen molar-refractivity contribution < 1.29 is 9.72 Å². The van der Waals surface area contributed by atoms with Crippen LogP contribution in [0.2, 0.25) is 0 Å². The van der Waals surface area contributed by atoms with Crippen LogP contribution < -0.4 is 15.8 Å². The normalized spacial score (nSPS) is 15.7. The van der Waals surface area contributed by atoms with E-state index >= 15 is 0 Å². The number of aliphatic imine (C=N–C) groups is 1. The number of rotatable bonds is 4. The molecular formula is C36H31N3O3. The van der Waals surface area contributed by atoms with Gasteiger partial charge in [0.1, 0.15) is 0 Å². The van der Waals surface area contributed by atoms with Gasteiger partial charge in [0, 0.05) is 53.1 Å². The van der Waals surface area contributed by atoms with Crippen molar-refractivity contribution in [1.29, 1.82) is 0 Å². The maximum Gasteiger partial charge on any atom is 0.269 e. The smallest absolute Gasteiger partial charge is 0.269 e. The Labute approximate surface area is 243 Å². The second-order valence-corrected chi connectivity index (χ2v) is 10.6. The minimum Gasteiger partial charge on any atom is -0.360 e. The number of nitrogens with one attached hydrogen (secondary N) is 1. The van der Waals surface area contributed by atoms with Gasteiger partial charge < -0.3 is 5.32 Å². The zero-order valence-corrected chi connectivity index (χ0v) is 23.4. The molecule has 7 rings (SSSR count). The molecule has 208 valence electrons. The van der Waals surface area contributed by atoms with Crippen molar-refractivity contribution >= 4 is 35.0 Å². The lowest BCUT2D eigenvalue weighted by Gasteiger charge is -2.27. The number of ketones is 1. The lowest BCUT2D eigenvalue weighted by atomic mass is 9.77. The fraction of sp³-hybridized carbons (Fsp3) is 0.167. The predicted octanol–water partition coefficient (Wildman–Crippen LogP) is 6.54. The molecule has 0 bridgehead atoms. The monoisotopic (exact) mass is 553 g/mol. The Bertz CT molecular complexity index is 1970. The van der Waals surface area contributed by atoms with Crippen molar-refractivity contribution in [1.82, 2.24) is 0 Å². The van der Waals surface area contributed by atoms with Crippen LogP contribution in [-0.4, -0.2) is 16.9 Å². The fourth-order valence-electron chi connectivity index (χ4n) is 6.18. The van der Waals surface area contributed by atoms with Crippen LogP contribution in [0.15, 0.2) is 102 Å². The van der Waals surface area contributed by atoms with Crippen molar-refractivity contribution in [3.8, 4) is 0 Å². The van der Waals surface area contributed by atoms with Gasteiger partial charge in [-0.15, -0.1) is 0 Å². The Hall–Kier alpha value is -5.10. The Kier molecular flexibility index (Phi) is 7.60. The van der Waals surface area contributed by atoms with E-state index < -0.39 is 4.92 Å². The molecule has 0 fully saturated rings. The van der Waals surface area contributed by atoms with E-state index in [1.807, 2.05) is 36.7 Å². The maximum absolute atomic E-state index is 13.4. The van der Waals surface area contributed by atoms with Crippen LogP contribution >= 0.6 is 0 Å². The SMILES string of the molecule is C1=CNc2ccccc2C=N1.CCC1CCC(C(=O)c2ccc([N+](=O)[O-])cc2)=c2ccc3c(c21)CC=c1ccccc1=3. The van der Waals surface area contributed by atoms with Gasteiger partial charge >= 0.3 is 0 Å². The molecule has 1 N–H and O–H groups in total. The van der Waals surface area contributed by atoms with Gasteiger partial charge in [0.25, 0.3) is 5.69 Å². The minimum atomic E-state index is -0.441. The molecule has 1 heterocycles. The molecule has 1 atom stereocenters. The number of non-ortho nitro benzene ring substituents is 1. The number of anilines is 1. The summed E-state index contributed by atoms with van der Waals surface area (Å²) in [6.07, 6.45) is 11.3. The van der Waals surface area contributed by atoms with Gasteiger partial charge in [-0.25, -0.2) is 0 Å². The van der Waals surface area contributed by atoms with Gasteiger partial charge in [-0.05, 0) is 81.8 Å². The summed E-state index contributed by atoms with van der Waals surface area (Å²) >= 11 is 0. The van der Waals surface area contributed by atoms with Crippen molar-refractivity contribution in [2.24, 2.45) is 4.99 Å². The summed E-state index contributed by atoms with van der Waals surface area (Å²) < 4.78 is 0. The molecule has 2 aliphatic carbocycles. The Balaban J connectivity index is 0.000000240. The number of fused-ring (bicyclic) bond motifs is 5. The molecule has 1 unspecified atom stereocenters. The van der Waals surface area contributed by atoms with E-state index in [2.05, 4.69) is 59.7 Å². The first-order valence-corrected chi connectivity index (χ1v) is 14.3. The molecule has 0 aromatic heterocycles. The molecule has 4 aromatic carbocycles. The van der Waals surface area contributed by atoms with Crippen molar-refractivity contribution in [2.45, 2.75) is 38.5 Å². The van der Waals surface area contributed by atoms with Crippen LogP contribution in [-0.2, 0) is 6.42 Å². The number of benzene rings is 4. The third-order valence-corrected chi connectivity index (χ3v) is 8.29. The molecule has 6 heteroatoms. The number of para-hydroxylation sites is 1. The van der Waals surface area contributed by atoms with E-state index in [0.717, 1.165) is 47.7 Å². The number of nitro groups is 1. The van der Waals surface area contributed by atoms with Crippen LogP contribution in [0.25, 0.3) is 11.6 Å². The number of nitrogens with zero attached hydrogens (tertiary/aromatic N) is 2.